The molecule has 0 saturated carbocycles. The Bertz CT molecular complexity index is 3670. The standard InChI is InChI=1S/C38H28ClN9O19S5/c39-36-42-37(44-38(43-36)41-24-6-2-1-5-22(24)35(51)52)40-20-9-8-18-14-27(68-66-64-53)31(33(49)23(18)16-20)47-46-26-7-3-4-19-15-28(69-67-65-54)32(34(50)30(19)26)48-45-25-11-10-21(17-29(25)71(57,58)59)70(55,56)13-12-63-72(60,61)62/h1-11,14-17,49-50,53-54H,12-13H2,(H,51,52)(H,57,58,59)(H,60,61,62)(H2,40,41,42,43,44)/b47-46+,48-45?. The SMILES string of the molecule is O=C(O)c1ccccc1Nc1nc(Cl)nc(Nc2ccc3cc(SOOO)c(/N=N/c4cccc5cc(SOOO)c(N=Nc6ccc(S(=O)(=O)CCOS(=O)(=O)O)cc6S(=O)(=O)O)c(O)c45)c(O)c3c2)n1. The fraction of sp³-hybridized carbons (Fsp3) is 0.0526. The van der Waals surface area contributed by atoms with Gasteiger partial charge in [0, 0.05) is 11.1 Å². The van der Waals surface area contributed by atoms with Gasteiger partial charge in [-0.1, -0.05) is 40.4 Å². The average molecular weight is 1110 g/mol. The molecule has 34 heteroatoms. The molecule has 7 aromatic rings. The van der Waals surface area contributed by atoms with Crippen molar-refractivity contribution in [3.05, 3.63) is 102 Å². The number of benzene rings is 6. The van der Waals surface area contributed by atoms with Crippen molar-refractivity contribution in [3.8, 4) is 11.5 Å². The van der Waals surface area contributed by atoms with Crippen molar-refractivity contribution in [2.45, 2.75) is 19.6 Å². The second-order valence-corrected chi connectivity index (χ2v) is 20.2. The third kappa shape index (κ3) is 12.8. The van der Waals surface area contributed by atoms with Gasteiger partial charge in [-0.05, 0) is 83.0 Å². The molecule has 1 aromatic heterocycles. The van der Waals surface area contributed by atoms with Crippen LogP contribution in [0.2, 0.25) is 5.28 Å². The average Bonchev–Trinajstić information content (AvgIpc) is 3.31. The molecule has 72 heavy (non-hydrogen) atoms. The molecule has 0 atom stereocenters. The van der Waals surface area contributed by atoms with E-state index in [1.807, 2.05) is 0 Å². The number of rotatable bonds is 21. The fourth-order valence-corrected chi connectivity index (χ4v) is 9.73. The number of hydrogen-bond donors (Lipinski definition) is 9. The van der Waals surface area contributed by atoms with E-state index in [2.05, 4.69) is 69.0 Å². The van der Waals surface area contributed by atoms with Crippen molar-refractivity contribution in [2.24, 2.45) is 20.5 Å². The first-order chi connectivity index (χ1) is 34.1. The Hall–Kier alpha value is -6.80. The summed E-state index contributed by atoms with van der Waals surface area (Å²) < 4.78 is 104. The van der Waals surface area contributed by atoms with E-state index in [4.69, 9.17) is 26.7 Å². The maximum absolute atomic E-state index is 12.8. The first-order valence-electron chi connectivity index (χ1n) is 19.1. The lowest BCUT2D eigenvalue weighted by molar-refractivity contribution is -0.432. The summed E-state index contributed by atoms with van der Waals surface area (Å²) in [7, 11) is -14.8. The Labute approximate surface area is 416 Å². The zero-order valence-electron chi connectivity index (χ0n) is 35.2. The van der Waals surface area contributed by atoms with Crippen LogP contribution < -0.4 is 10.6 Å². The first kappa shape index (κ1) is 53.0. The Morgan fingerprint density at radius 2 is 1.33 bits per heavy atom. The molecule has 0 spiro atoms. The number of sulfone groups is 1. The summed E-state index contributed by atoms with van der Waals surface area (Å²) in [6.07, 6.45) is 0. The van der Waals surface area contributed by atoms with E-state index in [9.17, 15) is 49.9 Å². The van der Waals surface area contributed by atoms with Gasteiger partial charge in [0.1, 0.15) is 22.0 Å². The smallest absolute Gasteiger partial charge is 0.397 e. The summed E-state index contributed by atoms with van der Waals surface area (Å²) in [5.74, 6) is -3.72. The van der Waals surface area contributed by atoms with Crippen LogP contribution in [-0.4, -0.2) is 93.5 Å². The van der Waals surface area contributed by atoms with E-state index in [-0.39, 0.29) is 83.5 Å². The van der Waals surface area contributed by atoms with Crippen LogP contribution in [-0.2, 0) is 53.3 Å². The molecule has 1 heterocycles. The second-order valence-electron chi connectivity index (χ2n) is 13.8. The van der Waals surface area contributed by atoms with Crippen molar-refractivity contribution in [2.75, 3.05) is 23.0 Å². The van der Waals surface area contributed by atoms with Gasteiger partial charge in [0.2, 0.25) is 17.2 Å². The van der Waals surface area contributed by atoms with Crippen molar-refractivity contribution in [3.63, 3.8) is 0 Å². The quantitative estimate of drug-likeness (QED) is 0.0106. The molecular formula is C38H28ClN9O19S5. The summed E-state index contributed by atoms with van der Waals surface area (Å²) in [5.41, 5.74) is -1.21. The number of azo groups is 2. The molecule has 0 bridgehead atoms. The monoisotopic (exact) mass is 1110 g/mol. The number of para-hydroxylation sites is 1. The van der Waals surface area contributed by atoms with Crippen LogP contribution in [0.3, 0.4) is 0 Å². The zero-order chi connectivity index (χ0) is 52.0. The number of carboxylic acid groups (broad SMARTS) is 1. The molecule has 0 fully saturated rings. The van der Waals surface area contributed by atoms with E-state index < -0.39 is 81.3 Å². The van der Waals surface area contributed by atoms with Crippen molar-refractivity contribution < 1.29 is 87.9 Å². The number of carboxylic acids is 1. The molecule has 28 nitrogen and oxygen atoms in total. The number of carbonyl (C=O) groups is 1. The summed E-state index contributed by atoms with van der Waals surface area (Å²) in [4.78, 5) is 22.1. The summed E-state index contributed by atoms with van der Waals surface area (Å²) in [6, 6.07) is 19.9. The number of halogens is 1. The highest BCUT2D eigenvalue weighted by atomic mass is 35.5. The minimum atomic E-state index is -5.28. The lowest BCUT2D eigenvalue weighted by Gasteiger charge is -2.13. The minimum absolute atomic E-state index is 0.0267. The number of aromatic carboxylic acids is 1. The van der Waals surface area contributed by atoms with Crippen LogP contribution in [0.25, 0.3) is 21.5 Å². The third-order valence-corrected chi connectivity index (χ3v) is 13.8. The van der Waals surface area contributed by atoms with E-state index in [0.29, 0.717) is 23.5 Å². The summed E-state index contributed by atoms with van der Waals surface area (Å²) >= 11 is 6.87. The maximum atomic E-state index is 12.8. The van der Waals surface area contributed by atoms with Gasteiger partial charge in [-0.2, -0.15) is 31.8 Å². The van der Waals surface area contributed by atoms with Crippen LogP contribution in [0.4, 0.5) is 46.0 Å². The van der Waals surface area contributed by atoms with Gasteiger partial charge in [-0.3, -0.25) is 9.11 Å². The van der Waals surface area contributed by atoms with Crippen LogP contribution in [0.15, 0.2) is 131 Å². The highest BCUT2D eigenvalue weighted by Crippen LogP contribution is 2.49. The Morgan fingerprint density at radius 1 is 0.694 bits per heavy atom. The number of anilines is 4. The predicted octanol–water partition coefficient (Wildman–Crippen LogP) is 8.96. The highest BCUT2D eigenvalue weighted by Gasteiger charge is 2.25. The number of aromatic hydroxyl groups is 2. The number of phenolic OH excluding ortho intramolecular Hbond substituents is 2. The number of phenols is 2. The van der Waals surface area contributed by atoms with Gasteiger partial charge in [0.05, 0.1) is 73.5 Å². The maximum Gasteiger partial charge on any atom is 0.397 e. The minimum Gasteiger partial charge on any atom is -0.505 e. The van der Waals surface area contributed by atoms with Gasteiger partial charge >= 0.3 is 16.4 Å². The van der Waals surface area contributed by atoms with Crippen LogP contribution in [0, 0.1) is 0 Å². The number of aromatic nitrogens is 3. The predicted molar refractivity (Wildman–Crippen MR) is 252 cm³/mol. The lowest BCUT2D eigenvalue weighted by Crippen LogP contribution is -2.16. The lowest BCUT2D eigenvalue weighted by atomic mass is 10.1. The molecule has 0 aliphatic rings. The van der Waals surface area contributed by atoms with E-state index in [1.165, 1.54) is 54.6 Å². The Balaban J connectivity index is 1.26. The van der Waals surface area contributed by atoms with Crippen LogP contribution in [0.1, 0.15) is 10.4 Å². The number of nitrogens with zero attached hydrogens (tertiary/aromatic N) is 7. The van der Waals surface area contributed by atoms with Gasteiger partial charge in [-0.15, -0.1) is 29.1 Å². The molecule has 0 amide bonds. The molecule has 7 rings (SSSR count). The van der Waals surface area contributed by atoms with Gasteiger partial charge in [0.15, 0.2) is 21.3 Å². The van der Waals surface area contributed by atoms with Crippen molar-refractivity contribution in [1.29, 1.82) is 0 Å². The second kappa shape index (κ2) is 22.3. The fourth-order valence-electron chi connectivity index (χ4n) is 6.35. The van der Waals surface area contributed by atoms with Crippen molar-refractivity contribution >= 4 is 140 Å². The number of fused-ring (bicyclic) bond motifs is 2. The molecule has 6 aromatic carbocycles. The van der Waals surface area contributed by atoms with Gasteiger partial charge in [-0.25, -0.2) is 27.9 Å². The largest absolute Gasteiger partial charge is 0.505 e. The normalized spacial score (nSPS) is 12.3. The van der Waals surface area contributed by atoms with Gasteiger partial charge in [0.25, 0.3) is 10.1 Å². The molecule has 0 unspecified atom stereocenters. The van der Waals surface area contributed by atoms with E-state index in [1.54, 1.807) is 18.2 Å². The van der Waals surface area contributed by atoms with E-state index >= 15 is 0 Å². The zero-order valence-corrected chi connectivity index (χ0v) is 40.0. The Morgan fingerprint density at radius 3 is 1.99 bits per heavy atom. The molecule has 0 saturated heterocycles. The van der Waals surface area contributed by atoms with Crippen molar-refractivity contribution in [1.82, 2.24) is 15.0 Å². The first-order valence-corrected chi connectivity index (χ1v) is 25.4. The number of hydrogen-bond acceptors (Lipinski definition) is 27. The summed E-state index contributed by atoms with van der Waals surface area (Å²) in [6.45, 7) is -1.06. The van der Waals surface area contributed by atoms with Crippen LogP contribution in [0.5, 0.6) is 11.5 Å². The topological polar surface area (TPSA) is 419 Å². The number of nitrogens with one attached hydrogen (secondary N) is 2. The molecular weight excluding hydrogens is 1080 g/mol. The third-order valence-electron chi connectivity index (χ3n) is 9.35. The van der Waals surface area contributed by atoms with Gasteiger partial charge < -0.3 is 26.0 Å². The molecule has 0 aliphatic heterocycles. The highest BCUT2D eigenvalue weighted by molar-refractivity contribution is 7.95. The molecule has 376 valence electrons. The van der Waals surface area contributed by atoms with E-state index in [0.717, 1.165) is 12.1 Å². The molecule has 0 radical (unpaired) electrons. The Kier molecular flexibility index (Phi) is 16.4. The van der Waals surface area contributed by atoms with Crippen LogP contribution >= 0.6 is 35.7 Å². The summed E-state index contributed by atoms with van der Waals surface area (Å²) in [5, 5.41) is 80.7. The molecule has 0 aliphatic carbocycles. The molecule has 9 N–H and O–H groups in total.